The number of anilines is 2. The first-order chi connectivity index (χ1) is 10.7. The van der Waals surface area contributed by atoms with Gasteiger partial charge in [0.25, 0.3) is 0 Å². The number of benzene rings is 2. The second-order valence-corrected chi connectivity index (χ2v) is 5.69. The maximum absolute atomic E-state index is 6.03. The third kappa shape index (κ3) is 2.18. The maximum atomic E-state index is 6.03. The molecule has 0 spiro atoms. The van der Waals surface area contributed by atoms with E-state index in [0.717, 1.165) is 33.4 Å². The Hall–Kier alpha value is -2.59. The highest BCUT2D eigenvalue weighted by molar-refractivity contribution is 6.30. The number of aryl methyl sites for hydroxylation is 1. The van der Waals surface area contributed by atoms with Crippen molar-refractivity contribution < 1.29 is 0 Å². The lowest BCUT2D eigenvalue weighted by atomic mass is 10.1. The smallest absolute Gasteiger partial charge is 0.158 e. The van der Waals surface area contributed by atoms with Crippen LogP contribution < -0.4 is 5.32 Å². The van der Waals surface area contributed by atoms with Crippen LogP contribution in [0.3, 0.4) is 0 Å². The summed E-state index contributed by atoms with van der Waals surface area (Å²) in [5, 5.41) is 5.08. The molecule has 0 aliphatic heterocycles. The molecule has 0 unspecified atom stereocenters. The van der Waals surface area contributed by atoms with Gasteiger partial charge in [0.05, 0.1) is 0 Å². The number of halogens is 1. The van der Waals surface area contributed by atoms with Gasteiger partial charge < -0.3 is 10.3 Å². The molecule has 2 aromatic carbocycles. The summed E-state index contributed by atoms with van der Waals surface area (Å²) in [6.45, 7) is 2.07. The van der Waals surface area contributed by atoms with E-state index in [4.69, 9.17) is 11.6 Å². The van der Waals surface area contributed by atoms with Crippen LogP contribution in [0.2, 0.25) is 5.02 Å². The number of rotatable bonds is 2. The SMILES string of the molecule is Cc1ccc2[nH]c3c(Nc4cccc(Cl)c4)ncnc3c2c1. The summed E-state index contributed by atoms with van der Waals surface area (Å²) in [5.41, 5.74) is 4.95. The lowest BCUT2D eigenvalue weighted by Gasteiger charge is -2.06. The summed E-state index contributed by atoms with van der Waals surface area (Å²) in [6, 6.07) is 13.8. The molecule has 2 heterocycles. The van der Waals surface area contributed by atoms with E-state index in [1.54, 1.807) is 6.33 Å². The molecule has 0 saturated heterocycles. The van der Waals surface area contributed by atoms with Gasteiger partial charge in [0.1, 0.15) is 17.4 Å². The van der Waals surface area contributed by atoms with Gasteiger partial charge in [0, 0.05) is 21.6 Å². The predicted molar refractivity (Wildman–Crippen MR) is 90.9 cm³/mol. The van der Waals surface area contributed by atoms with Crippen LogP contribution in [-0.4, -0.2) is 15.0 Å². The normalized spacial score (nSPS) is 11.2. The first kappa shape index (κ1) is 13.1. The van der Waals surface area contributed by atoms with E-state index in [2.05, 4.69) is 45.4 Å². The van der Waals surface area contributed by atoms with Crippen LogP contribution >= 0.6 is 11.6 Å². The molecule has 0 saturated carbocycles. The van der Waals surface area contributed by atoms with Gasteiger partial charge in [-0.05, 0) is 37.3 Å². The van der Waals surface area contributed by atoms with Crippen molar-refractivity contribution in [3.63, 3.8) is 0 Å². The Kier molecular flexibility index (Phi) is 2.98. The van der Waals surface area contributed by atoms with Crippen molar-refractivity contribution in [1.29, 1.82) is 0 Å². The summed E-state index contributed by atoms with van der Waals surface area (Å²) in [7, 11) is 0. The zero-order valence-electron chi connectivity index (χ0n) is 11.9. The average molecular weight is 309 g/mol. The van der Waals surface area contributed by atoms with Crippen LogP contribution in [0.5, 0.6) is 0 Å². The fourth-order valence-corrected chi connectivity index (χ4v) is 2.79. The zero-order valence-corrected chi connectivity index (χ0v) is 12.6. The molecule has 4 aromatic rings. The van der Waals surface area contributed by atoms with Crippen LogP contribution in [0.15, 0.2) is 48.8 Å². The Morgan fingerprint density at radius 3 is 2.86 bits per heavy atom. The molecule has 0 atom stereocenters. The van der Waals surface area contributed by atoms with E-state index in [1.807, 2.05) is 24.3 Å². The summed E-state index contributed by atoms with van der Waals surface area (Å²) in [5.74, 6) is 0.737. The molecule has 0 aliphatic rings. The Labute approximate surface area is 132 Å². The minimum Gasteiger partial charge on any atom is -0.350 e. The van der Waals surface area contributed by atoms with Gasteiger partial charge in [0.15, 0.2) is 5.82 Å². The van der Waals surface area contributed by atoms with Gasteiger partial charge in [-0.15, -0.1) is 0 Å². The highest BCUT2D eigenvalue weighted by Gasteiger charge is 2.10. The largest absolute Gasteiger partial charge is 0.350 e. The quantitative estimate of drug-likeness (QED) is 0.558. The van der Waals surface area contributed by atoms with Crippen molar-refractivity contribution in [2.75, 3.05) is 5.32 Å². The highest BCUT2D eigenvalue weighted by atomic mass is 35.5. The van der Waals surface area contributed by atoms with Crippen molar-refractivity contribution in [3.8, 4) is 0 Å². The molecule has 4 rings (SSSR count). The van der Waals surface area contributed by atoms with Crippen LogP contribution in [0, 0.1) is 6.92 Å². The van der Waals surface area contributed by atoms with Crippen molar-refractivity contribution in [2.45, 2.75) is 6.92 Å². The summed E-state index contributed by atoms with van der Waals surface area (Å²) >= 11 is 6.03. The molecule has 2 N–H and O–H groups in total. The molecule has 0 amide bonds. The minimum atomic E-state index is 0.683. The predicted octanol–water partition coefficient (Wildman–Crippen LogP) is 4.82. The fourth-order valence-electron chi connectivity index (χ4n) is 2.60. The molecular formula is C17H13ClN4. The van der Waals surface area contributed by atoms with Crippen LogP contribution in [0.25, 0.3) is 21.9 Å². The average Bonchev–Trinajstić information content (AvgIpc) is 2.87. The topological polar surface area (TPSA) is 53.6 Å². The third-order valence-electron chi connectivity index (χ3n) is 3.62. The molecule has 4 nitrogen and oxygen atoms in total. The van der Waals surface area contributed by atoms with E-state index in [-0.39, 0.29) is 0 Å². The Morgan fingerprint density at radius 1 is 1.09 bits per heavy atom. The summed E-state index contributed by atoms with van der Waals surface area (Å²) in [6.07, 6.45) is 1.57. The van der Waals surface area contributed by atoms with Gasteiger partial charge in [0.2, 0.25) is 0 Å². The molecule has 22 heavy (non-hydrogen) atoms. The molecule has 5 heteroatoms. The van der Waals surface area contributed by atoms with E-state index < -0.39 is 0 Å². The fraction of sp³-hybridized carbons (Fsp3) is 0.0588. The first-order valence-electron chi connectivity index (χ1n) is 6.96. The maximum Gasteiger partial charge on any atom is 0.158 e. The molecule has 0 radical (unpaired) electrons. The van der Waals surface area contributed by atoms with Crippen molar-refractivity contribution in [2.24, 2.45) is 0 Å². The number of hydrogen-bond acceptors (Lipinski definition) is 3. The van der Waals surface area contributed by atoms with E-state index >= 15 is 0 Å². The molecule has 108 valence electrons. The van der Waals surface area contributed by atoms with Crippen LogP contribution in [0.4, 0.5) is 11.5 Å². The lowest BCUT2D eigenvalue weighted by Crippen LogP contribution is -1.95. The summed E-state index contributed by atoms with van der Waals surface area (Å²) in [4.78, 5) is 12.2. The van der Waals surface area contributed by atoms with Gasteiger partial charge >= 0.3 is 0 Å². The number of fused-ring (bicyclic) bond motifs is 3. The van der Waals surface area contributed by atoms with Gasteiger partial charge in [-0.2, -0.15) is 0 Å². The number of nitrogens with zero attached hydrogens (tertiary/aromatic N) is 2. The standard InChI is InChI=1S/C17H13ClN4/c1-10-5-6-14-13(7-10)15-16(22-14)17(20-9-19-15)21-12-4-2-3-11(18)8-12/h2-9,22H,1H3,(H,19,20,21). The van der Waals surface area contributed by atoms with E-state index in [0.29, 0.717) is 5.02 Å². The molecule has 2 aromatic heterocycles. The van der Waals surface area contributed by atoms with Gasteiger partial charge in [-0.1, -0.05) is 29.3 Å². The van der Waals surface area contributed by atoms with Crippen molar-refractivity contribution in [1.82, 2.24) is 15.0 Å². The van der Waals surface area contributed by atoms with Crippen LogP contribution in [-0.2, 0) is 0 Å². The Balaban J connectivity index is 1.89. The van der Waals surface area contributed by atoms with Gasteiger partial charge in [-0.25, -0.2) is 9.97 Å². The Morgan fingerprint density at radius 2 is 2.00 bits per heavy atom. The molecule has 0 bridgehead atoms. The number of aromatic nitrogens is 3. The third-order valence-corrected chi connectivity index (χ3v) is 3.86. The number of nitrogens with one attached hydrogen (secondary N) is 2. The number of H-pyrrole nitrogens is 1. The van der Waals surface area contributed by atoms with E-state index in [1.165, 1.54) is 5.56 Å². The Bertz CT molecular complexity index is 990. The van der Waals surface area contributed by atoms with Gasteiger partial charge in [-0.3, -0.25) is 0 Å². The first-order valence-corrected chi connectivity index (χ1v) is 7.34. The molecular weight excluding hydrogens is 296 g/mol. The van der Waals surface area contributed by atoms with Crippen molar-refractivity contribution in [3.05, 3.63) is 59.4 Å². The van der Waals surface area contributed by atoms with Crippen LogP contribution in [0.1, 0.15) is 5.56 Å². The second-order valence-electron chi connectivity index (χ2n) is 5.26. The summed E-state index contributed by atoms with van der Waals surface area (Å²) < 4.78 is 0. The van der Waals surface area contributed by atoms with Crippen molar-refractivity contribution >= 4 is 45.0 Å². The second kappa shape index (κ2) is 5.00. The molecule has 0 aliphatic carbocycles. The number of hydrogen-bond donors (Lipinski definition) is 2. The highest BCUT2D eigenvalue weighted by Crippen LogP contribution is 2.29. The monoisotopic (exact) mass is 308 g/mol. The lowest BCUT2D eigenvalue weighted by molar-refractivity contribution is 1.22. The van der Waals surface area contributed by atoms with E-state index in [9.17, 15) is 0 Å². The number of aromatic amines is 1. The minimum absolute atomic E-state index is 0.683. The zero-order chi connectivity index (χ0) is 15.1. The molecule has 0 fully saturated rings.